The van der Waals surface area contributed by atoms with E-state index in [1.54, 1.807) is 0 Å². The zero-order chi connectivity index (χ0) is 9.14. The topological polar surface area (TPSA) is 0 Å². The second-order valence-corrected chi connectivity index (χ2v) is 4.99. The summed E-state index contributed by atoms with van der Waals surface area (Å²) in [6, 6.07) is 0. The van der Waals surface area contributed by atoms with Gasteiger partial charge in [0, 0.05) is 0 Å². The van der Waals surface area contributed by atoms with Gasteiger partial charge in [0.1, 0.15) is 0 Å². The molecule has 0 aromatic carbocycles. The van der Waals surface area contributed by atoms with Gasteiger partial charge in [0.15, 0.2) is 0 Å². The monoisotopic (exact) mass is 168 g/mol. The molecule has 0 aromatic heterocycles. The van der Waals surface area contributed by atoms with Gasteiger partial charge >= 0.3 is 0 Å². The van der Waals surface area contributed by atoms with Crippen LogP contribution in [0.2, 0.25) is 0 Å². The molecule has 72 valence electrons. The van der Waals surface area contributed by atoms with Crippen LogP contribution in [-0.4, -0.2) is 0 Å². The molecule has 1 fully saturated rings. The molecule has 0 heteroatoms. The lowest BCUT2D eigenvalue weighted by atomic mass is 9.85. The van der Waals surface area contributed by atoms with Crippen LogP contribution in [0.15, 0.2) is 0 Å². The normalized spacial score (nSPS) is 36.2. The molecular weight excluding hydrogens is 144 g/mol. The van der Waals surface area contributed by atoms with Crippen LogP contribution in [-0.2, 0) is 0 Å². The minimum absolute atomic E-state index is 0.896. The molecular formula is C12H24. The third-order valence-electron chi connectivity index (χ3n) is 3.69. The quantitative estimate of drug-likeness (QED) is 0.595. The van der Waals surface area contributed by atoms with Crippen molar-refractivity contribution in [3.05, 3.63) is 0 Å². The second kappa shape index (κ2) is 4.30. The van der Waals surface area contributed by atoms with Gasteiger partial charge in [-0.3, -0.25) is 0 Å². The third-order valence-corrected chi connectivity index (χ3v) is 3.69. The summed E-state index contributed by atoms with van der Waals surface area (Å²) in [4.78, 5) is 0. The van der Waals surface area contributed by atoms with Gasteiger partial charge in [-0.25, -0.2) is 0 Å². The van der Waals surface area contributed by atoms with Crippen LogP contribution in [0, 0.1) is 23.7 Å². The van der Waals surface area contributed by atoms with E-state index in [-0.39, 0.29) is 0 Å². The molecule has 0 nitrogen and oxygen atoms in total. The van der Waals surface area contributed by atoms with Crippen molar-refractivity contribution in [1.82, 2.24) is 0 Å². The van der Waals surface area contributed by atoms with Crippen LogP contribution < -0.4 is 0 Å². The zero-order valence-electron chi connectivity index (χ0n) is 9.14. The summed E-state index contributed by atoms with van der Waals surface area (Å²) >= 11 is 0. The van der Waals surface area contributed by atoms with Crippen molar-refractivity contribution in [2.75, 3.05) is 0 Å². The summed E-state index contributed by atoms with van der Waals surface area (Å²) in [6.45, 7) is 9.52. The minimum atomic E-state index is 0.896. The summed E-state index contributed by atoms with van der Waals surface area (Å²) in [6.07, 6.45) is 5.85. The molecule has 0 aliphatic heterocycles. The first-order valence-corrected chi connectivity index (χ1v) is 5.65. The summed E-state index contributed by atoms with van der Waals surface area (Å²) < 4.78 is 0. The van der Waals surface area contributed by atoms with Crippen molar-refractivity contribution in [1.29, 1.82) is 0 Å². The molecule has 0 N–H and O–H groups in total. The van der Waals surface area contributed by atoms with Gasteiger partial charge in [-0.1, -0.05) is 34.1 Å². The van der Waals surface area contributed by atoms with Gasteiger partial charge in [-0.15, -0.1) is 0 Å². The van der Waals surface area contributed by atoms with E-state index in [9.17, 15) is 0 Å². The Balaban J connectivity index is 2.38. The highest BCUT2D eigenvalue weighted by atomic mass is 14.4. The van der Waals surface area contributed by atoms with E-state index in [0.717, 1.165) is 23.7 Å². The summed E-state index contributed by atoms with van der Waals surface area (Å²) in [5.74, 6) is 3.97. The predicted octanol–water partition coefficient (Wildman–Crippen LogP) is 4.10. The molecule has 1 aliphatic rings. The largest absolute Gasteiger partial charge is 0.0651 e. The van der Waals surface area contributed by atoms with Gasteiger partial charge in [0.05, 0.1) is 0 Å². The van der Waals surface area contributed by atoms with Crippen LogP contribution in [0.25, 0.3) is 0 Å². The molecule has 3 unspecified atom stereocenters. The fourth-order valence-electron chi connectivity index (χ4n) is 2.85. The van der Waals surface area contributed by atoms with E-state index in [1.165, 1.54) is 25.7 Å². The van der Waals surface area contributed by atoms with Crippen molar-refractivity contribution in [3.63, 3.8) is 0 Å². The Bertz CT molecular complexity index is 126. The SMILES string of the molecule is CCC1CCC(CC(C)C)C1C. The maximum Gasteiger partial charge on any atom is -0.0383 e. The molecule has 0 bridgehead atoms. The molecule has 1 saturated carbocycles. The van der Waals surface area contributed by atoms with Gasteiger partial charge < -0.3 is 0 Å². The zero-order valence-corrected chi connectivity index (χ0v) is 9.14. The first kappa shape index (κ1) is 10.1. The number of hydrogen-bond donors (Lipinski definition) is 0. The molecule has 0 amide bonds. The van der Waals surface area contributed by atoms with E-state index in [4.69, 9.17) is 0 Å². The van der Waals surface area contributed by atoms with Crippen LogP contribution in [0.3, 0.4) is 0 Å². The highest BCUT2D eigenvalue weighted by Crippen LogP contribution is 2.41. The van der Waals surface area contributed by atoms with Crippen molar-refractivity contribution < 1.29 is 0 Å². The van der Waals surface area contributed by atoms with Crippen LogP contribution >= 0.6 is 0 Å². The molecule has 1 rings (SSSR count). The second-order valence-electron chi connectivity index (χ2n) is 4.99. The van der Waals surface area contributed by atoms with Crippen LogP contribution in [0.1, 0.15) is 53.4 Å². The average molecular weight is 168 g/mol. The maximum absolute atomic E-state index is 2.47. The van der Waals surface area contributed by atoms with Gasteiger partial charge in [-0.2, -0.15) is 0 Å². The summed E-state index contributed by atoms with van der Waals surface area (Å²) in [5.41, 5.74) is 0. The predicted molar refractivity (Wildman–Crippen MR) is 55.1 cm³/mol. The Morgan fingerprint density at radius 3 is 2.17 bits per heavy atom. The Labute approximate surface area is 77.7 Å². The van der Waals surface area contributed by atoms with Crippen molar-refractivity contribution in [3.8, 4) is 0 Å². The van der Waals surface area contributed by atoms with Gasteiger partial charge in [0.25, 0.3) is 0 Å². The third kappa shape index (κ3) is 2.24. The lowest BCUT2D eigenvalue weighted by molar-refractivity contribution is 0.292. The molecule has 12 heavy (non-hydrogen) atoms. The number of rotatable bonds is 3. The molecule has 0 aromatic rings. The number of hydrogen-bond acceptors (Lipinski definition) is 0. The Kier molecular flexibility index (Phi) is 3.61. The molecule has 0 heterocycles. The summed E-state index contributed by atoms with van der Waals surface area (Å²) in [5, 5.41) is 0. The van der Waals surface area contributed by atoms with E-state index < -0.39 is 0 Å². The maximum atomic E-state index is 2.47. The van der Waals surface area contributed by atoms with Crippen molar-refractivity contribution >= 4 is 0 Å². The fraction of sp³-hybridized carbons (Fsp3) is 1.00. The van der Waals surface area contributed by atoms with Crippen molar-refractivity contribution in [2.24, 2.45) is 23.7 Å². The Morgan fingerprint density at radius 1 is 1.17 bits per heavy atom. The van der Waals surface area contributed by atoms with E-state index >= 15 is 0 Å². The smallest absolute Gasteiger partial charge is 0.0383 e. The first-order valence-electron chi connectivity index (χ1n) is 5.65. The Morgan fingerprint density at radius 2 is 1.75 bits per heavy atom. The van der Waals surface area contributed by atoms with Gasteiger partial charge in [-0.05, 0) is 42.9 Å². The molecule has 0 saturated heterocycles. The van der Waals surface area contributed by atoms with Gasteiger partial charge in [0.2, 0.25) is 0 Å². The van der Waals surface area contributed by atoms with Crippen LogP contribution in [0.5, 0.6) is 0 Å². The Hall–Kier alpha value is 0. The van der Waals surface area contributed by atoms with Crippen molar-refractivity contribution in [2.45, 2.75) is 53.4 Å². The molecule has 0 radical (unpaired) electrons. The van der Waals surface area contributed by atoms with Crippen LogP contribution in [0.4, 0.5) is 0 Å². The lowest BCUT2D eigenvalue weighted by Gasteiger charge is -2.21. The lowest BCUT2D eigenvalue weighted by Crippen LogP contribution is -2.12. The van der Waals surface area contributed by atoms with E-state index in [0.29, 0.717) is 0 Å². The highest BCUT2D eigenvalue weighted by molar-refractivity contribution is 4.81. The molecule has 3 atom stereocenters. The fourth-order valence-corrected chi connectivity index (χ4v) is 2.85. The highest BCUT2D eigenvalue weighted by Gasteiger charge is 2.31. The minimum Gasteiger partial charge on any atom is -0.0651 e. The standard InChI is InChI=1S/C12H24/c1-5-11-6-7-12(10(11)4)8-9(2)3/h9-12H,5-8H2,1-4H3. The van der Waals surface area contributed by atoms with E-state index in [1.807, 2.05) is 0 Å². The summed E-state index contributed by atoms with van der Waals surface area (Å²) in [7, 11) is 0. The average Bonchev–Trinajstić information content (AvgIpc) is 2.32. The van der Waals surface area contributed by atoms with E-state index in [2.05, 4.69) is 27.7 Å². The molecule has 0 spiro atoms. The molecule has 1 aliphatic carbocycles. The first-order chi connectivity index (χ1) is 5.65.